The Bertz CT molecular complexity index is 2420. The highest BCUT2D eigenvalue weighted by Gasteiger charge is 2.55. The largest absolute Gasteiger partial charge is 0.748 e. The monoisotopic (exact) mass is 796 g/mol. The Kier molecular flexibility index (Phi) is 10.7. The van der Waals surface area contributed by atoms with Crippen LogP contribution in [0.25, 0.3) is 0 Å². The van der Waals surface area contributed by atoms with Gasteiger partial charge < -0.3 is 23.7 Å². The fourth-order valence-corrected chi connectivity index (χ4v) is 9.96. The molecule has 2 unspecified atom stereocenters. The molecule has 0 saturated heterocycles. The molecule has 15 heteroatoms. The Labute approximate surface area is 317 Å². The number of aryl methyl sites for hydroxylation is 1. The second-order valence-electron chi connectivity index (χ2n) is 15.2. The van der Waals surface area contributed by atoms with Gasteiger partial charge in [-0.1, -0.05) is 55.9 Å². The lowest BCUT2D eigenvalue weighted by Crippen LogP contribution is -2.33. The molecule has 1 N–H and O–H groups in total. The summed E-state index contributed by atoms with van der Waals surface area (Å²) in [5.41, 5.74) is 8.16. The molecule has 2 atom stereocenters. The maximum Gasteiger partial charge on any atom is 0.209 e. The zero-order valence-electron chi connectivity index (χ0n) is 30.6. The molecular weight excluding hydrogens is 753 g/mol. The number of β-amino-alcohol motifs (C(OH)–C–C–N with tert-alkyl or cyclic N) is 1. The molecule has 2 aromatic carbocycles. The maximum atomic E-state index is 11.8. The van der Waals surface area contributed by atoms with E-state index < -0.39 is 58.3 Å². The van der Waals surface area contributed by atoms with Crippen LogP contribution in [-0.4, -0.2) is 85.0 Å². The Morgan fingerprint density at radius 3 is 2.33 bits per heavy atom. The zero-order chi connectivity index (χ0) is 39.4. The number of anilines is 1. The first-order valence-electron chi connectivity index (χ1n) is 17.8. The van der Waals surface area contributed by atoms with Gasteiger partial charge in [-0.3, -0.25) is 0 Å². The molecule has 1 fully saturated rings. The van der Waals surface area contributed by atoms with Gasteiger partial charge in [0, 0.05) is 40.5 Å². The first-order valence-corrected chi connectivity index (χ1v) is 22.3. The molecule has 0 aromatic heterocycles. The highest BCUT2D eigenvalue weighted by atomic mass is 32.2. The number of fused-ring (bicyclic) bond motifs is 4. The number of aliphatic hydroxyl groups excluding tert-OH is 1. The van der Waals surface area contributed by atoms with E-state index in [2.05, 4.69) is 19.1 Å². The molecule has 2 aliphatic heterocycles. The normalized spacial score (nSPS) is 24.1. The number of hydrogen-bond donors (Lipinski definition) is 1. The van der Waals surface area contributed by atoms with Crippen LogP contribution in [0.2, 0.25) is 0 Å². The van der Waals surface area contributed by atoms with E-state index >= 15 is 0 Å². The molecule has 290 valence electrons. The van der Waals surface area contributed by atoms with Crippen molar-refractivity contribution in [2.45, 2.75) is 81.6 Å². The van der Waals surface area contributed by atoms with Crippen LogP contribution in [-0.2, 0) is 41.2 Å². The van der Waals surface area contributed by atoms with Crippen molar-refractivity contribution in [1.82, 2.24) is 0 Å². The first-order chi connectivity index (χ1) is 25.1. The van der Waals surface area contributed by atoms with E-state index in [1.165, 1.54) is 29.3 Å². The van der Waals surface area contributed by atoms with E-state index in [9.17, 15) is 44.0 Å². The summed E-state index contributed by atoms with van der Waals surface area (Å²) in [4.78, 5) is 1.27. The van der Waals surface area contributed by atoms with E-state index in [-0.39, 0.29) is 18.5 Å². The minimum absolute atomic E-state index is 0.0130. The Morgan fingerprint density at radius 2 is 1.65 bits per heavy atom. The summed E-state index contributed by atoms with van der Waals surface area (Å²) in [6, 6.07) is 10.1. The van der Waals surface area contributed by atoms with Gasteiger partial charge in [-0.05, 0) is 93.0 Å². The molecule has 2 aromatic rings. The predicted octanol–water partition coefficient (Wildman–Crippen LogP) is 4.70. The van der Waals surface area contributed by atoms with E-state index in [4.69, 9.17) is 0 Å². The molecule has 6 rings (SSSR count). The molecule has 2 aliphatic carbocycles. The Morgan fingerprint density at radius 1 is 0.907 bits per heavy atom. The highest BCUT2D eigenvalue weighted by molar-refractivity contribution is 7.86. The van der Waals surface area contributed by atoms with Crippen LogP contribution in [0.15, 0.2) is 100 Å². The highest BCUT2D eigenvalue weighted by Crippen LogP contribution is 2.52. The number of rotatable bonds is 11. The predicted molar refractivity (Wildman–Crippen MR) is 203 cm³/mol. The number of hydrogen-bond acceptors (Lipinski definition) is 11. The summed E-state index contributed by atoms with van der Waals surface area (Å²) in [6.07, 6.45) is 14.4. The maximum absolute atomic E-state index is 11.8. The fourth-order valence-electron chi connectivity index (χ4n) is 8.48. The quantitative estimate of drug-likeness (QED) is 0.188. The van der Waals surface area contributed by atoms with Crippen LogP contribution in [0.5, 0.6) is 0 Å². The number of nitrogens with zero attached hydrogens (tertiary/aromatic N) is 2. The van der Waals surface area contributed by atoms with Gasteiger partial charge in [-0.2, -0.15) is 4.58 Å². The number of benzene rings is 2. The van der Waals surface area contributed by atoms with Gasteiger partial charge in [0.25, 0.3) is 0 Å². The second kappa shape index (κ2) is 14.4. The Balaban J connectivity index is 1.30. The van der Waals surface area contributed by atoms with Gasteiger partial charge in [0.1, 0.15) is 16.2 Å². The molecule has 12 nitrogen and oxygen atoms in total. The van der Waals surface area contributed by atoms with Crippen molar-refractivity contribution in [3.63, 3.8) is 0 Å². The van der Waals surface area contributed by atoms with Crippen molar-refractivity contribution < 1.29 is 48.6 Å². The third-order valence-corrected chi connectivity index (χ3v) is 13.2. The topological polar surface area (TPSA) is 198 Å². The van der Waals surface area contributed by atoms with Crippen molar-refractivity contribution in [2.75, 3.05) is 29.5 Å². The number of aliphatic hydroxyl groups is 1. The average Bonchev–Trinajstić information content (AvgIpc) is 3.60. The molecule has 54 heavy (non-hydrogen) atoms. The van der Waals surface area contributed by atoms with Crippen LogP contribution < -0.4 is 4.90 Å². The van der Waals surface area contributed by atoms with Crippen molar-refractivity contribution in [3.8, 4) is 0 Å². The van der Waals surface area contributed by atoms with Crippen LogP contribution in [0.1, 0.15) is 69.6 Å². The number of allylic oxidation sites excluding steroid dienone is 10. The van der Waals surface area contributed by atoms with Gasteiger partial charge in [0.15, 0.2) is 12.3 Å². The summed E-state index contributed by atoms with van der Waals surface area (Å²) in [5, 5.41) is 10.7. The zero-order valence-corrected chi connectivity index (χ0v) is 33.1. The summed E-state index contributed by atoms with van der Waals surface area (Å²) < 4.78 is 106. The molecule has 0 amide bonds. The van der Waals surface area contributed by atoms with E-state index in [0.29, 0.717) is 16.9 Å². The van der Waals surface area contributed by atoms with Gasteiger partial charge in [-0.15, -0.1) is 0 Å². The average molecular weight is 797 g/mol. The van der Waals surface area contributed by atoms with Crippen LogP contribution in [0.4, 0.5) is 11.4 Å². The van der Waals surface area contributed by atoms with Gasteiger partial charge in [0.05, 0.1) is 42.1 Å². The molecular formula is C39H44N2O10S3-2. The standard InChI is InChI=1S/C39H46N2O10S3/c1-26-13-15-35-33(21-26)39(4)18-17-31(37(39)41(35)24-29(42)25-53(46,47)48)28-11-8-10-27(22-28)9-6-5-7-12-36-38(2,3)32-23-30(54(49,50)51)14-16-34(32)40(36)19-20-52(43,44)45/h5-7,9,12-16,21-23,29,42H,8,10-11,17-20,24-25H2,1-4H3,(H2-,43,44,45,46,47,48,49,50,51)/p-2. The minimum atomic E-state index is -4.73. The second-order valence-corrected chi connectivity index (χ2v) is 19.6. The molecule has 2 heterocycles. The molecule has 0 radical (unpaired) electrons. The van der Waals surface area contributed by atoms with Crippen LogP contribution >= 0.6 is 0 Å². The molecule has 0 spiro atoms. The van der Waals surface area contributed by atoms with Crippen molar-refractivity contribution in [2.24, 2.45) is 0 Å². The van der Waals surface area contributed by atoms with Gasteiger partial charge in [-0.25, -0.2) is 25.3 Å². The van der Waals surface area contributed by atoms with E-state index in [0.717, 1.165) is 60.2 Å². The lowest BCUT2D eigenvalue weighted by Gasteiger charge is -2.27. The molecule has 4 aliphatic rings. The molecule has 1 saturated carbocycles. The summed E-state index contributed by atoms with van der Waals surface area (Å²) in [5.74, 6) is -1.53. The lowest BCUT2D eigenvalue weighted by molar-refractivity contribution is -0.448. The molecule has 0 bridgehead atoms. The van der Waals surface area contributed by atoms with E-state index in [1.54, 1.807) is 17.1 Å². The van der Waals surface area contributed by atoms with Crippen molar-refractivity contribution in [3.05, 3.63) is 112 Å². The van der Waals surface area contributed by atoms with E-state index in [1.807, 2.05) is 55.7 Å². The SMILES string of the molecule is Cc1ccc2c(c1)C1(C)CCC(=C3C=C(/C=C/C=C/C=C4\N(CCS(=O)(=O)[O-])c5ccc(S(=O)(=O)[O-])cc5C4(C)C)CCC3)C1=[N+]2CC(O)CS(=O)(=O)[O-]. The summed E-state index contributed by atoms with van der Waals surface area (Å²) >= 11 is 0. The third-order valence-electron chi connectivity index (χ3n) is 10.9. The minimum Gasteiger partial charge on any atom is -0.748 e. The fraction of sp³-hybridized carbons (Fsp3) is 0.410. The lowest BCUT2D eigenvalue weighted by atomic mass is 9.79. The smallest absolute Gasteiger partial charge is 0.209 e. The first kappa shape index (κ1) is 40.0. The van der Waals surface area contributed by atoms with Crippen LogP contribution in [0.3, 0.4) is 0 Å². The van der Waals surface area contributed by atoms with Gasteiger partial charge in [0.2, 0.25) is 5.69 Å². The summed E-state index contributed by atoms with van der Waals surface area (Å²) in [7, 11) is -13.9. The Hall–Kier alpha value is -3.70. The van der Waals surface area contributed by atoms with Crippen molar-refractivity contribution in [1.29, 1.82) is 0 Å². The van der Waals surface area contributed by atoms with Crippen LogP contribution in [0, 0.1) is 6.92 Å². The third kappa shape index (κ3) is 8.13. The van der Waals surface area contributed by atoms with Crippen molar-refractivity contribution >= 4 is 47.4 Å². The van der Waals surface area contributed by atoms with Gasteiger partial charge >= 0.3 is 0 Å². The summed E-state index contributed by atoms with van der Waals surface area (Å²) in [6.45, 7) is 7.72.